The highest BCUT2D eigenvalue weighted by molar-refractivity contribution is 5.33. The zero-order valence-electron chi connectivity index (χ0n) is 8.25. The zero-order valence-corrected chi connectivity index (χ0v) is 8.25. The van der Waals surface area contributed by atoms with Crippen molar-refractivity contribution in [2.24, 2.45) is 5.73 Å². The molecular formula is C11H17NO. The first-order valence-electron chi connectivity index (χ1n) is 4.57. The van der Waals surface area contributed by atoms with E-state index in [1.165, 1.54) is 11.1 Å². The fourth-order valence-corrected chi connectivity index (χ4v) is 1.58. The second-order valence-corrected chi connectivity index (χ2v) is 3.48. The lowest BCUT2D eigenvalue weighted by molar-refractivity contribution is 0.267. The average molecular weight is 179 g/mol. The maximum absolute atomic E-state index is 9.09. The molecule has 2 nitrogen and oxygen atoms in total. The molecule has 3 N–H and O–H groups in total. The summed E-state index contributed by atoms with van der Waals surface area (Å²) in [4.78, 5) is 0. The molecule has 1 atom stereocenters. The molecule has 1 unspecified atom stereocenters. The molecule has 13 heavy (non-hydrogen) atoms. The van der Waals surface area contributed by atoms with Crippen LogP contribution >= 0.6 is 0 Å². The summed E-state index contributed by atoms with van der Waals surface area (Å²) in [6.45, 7) is 4.74. The molecule has 72 valence electrons. The monoisotopic (exact) mass is 179 g/mol. The Bertz CT molecular complexity index is 279. The summed E-state index contributed by atoms with van der Waals surface area (Å²) >= 11 is 0. The second kappa shape index (κ2) is 4.40. The van der Waals surface area contributed by atoms with Crippen LogP contribution in [0.2, 0.25) is 0 Å². The molecule has 0 saturated heterocycles. The van der Waals surface area contributed by atoms with Gasteiger partial charge in [-0.3, -0.25) is 0 Å². The Morgan fingerprint density at radius 2 is 2.08 bits per heavy atom. The van der Waals surface area contributed by atoms with E-state index in [0.29, 0.717) is 6.54 Å². The van der Waals surface area contributed by atoms with E-state index in [1.54, 1.807) is 0 Å². The maximum Gasteiger partial charge on any atom is 0.0511 e. The van der Waals surface area contributed by atoms with Gasteiger partial charge in [0.2, 0.25) is 0 Å². The third kappa shape index (κ3) is 2.29. The van der Waals surface area contributed by atoms with Crippen molar-refractivity contribution in [3.63, 3.8) is 0 Å². The van der Waals surface area contributed by atoms with Gasteiger partial charge in [0, 0.05) is 12.5 Å². The van der Waals surface area contributed by atoms with E-state index in [1.807, 2.05) is 0 Å². The molecule has 0 aliphatic carbocycles. The van der Waals surface area contributed by atoms with E-state index < -0.39 is 0 Å². The third-order valence-corrected chi connectivity index (χ3v) is 2.37. The van der Waals surface area contributed by atoms with Crippen LogP contribution in [0.15, 0.2) is 18.2 Å². The van der Waals surface area contributed by atoms with Gasteiger partial charge >= 0.3 is 0 Å². The Kier molecular flexibility index (Phi) is 3.46. The first kappa shape index (κ1) is 10.2. The van der Waals surface area contributed by atoms with Gasteiger partial charge < -0.3 is 10.8 Å². The Labute approximate surface area is 79.4 Å². The highest BCUT2D eigenvalue weighted by atomic mass is 16.3. The van der Waals surface area contributed by atoms with Crippen LogP contribution < -0.4 is 5.73 Å². The van der Waals surface area contributed by atoms with Gasteiger partial charge in [-0.05, 0) is 25.0 Å². The lowest BCUT2D eigenvalue weighted by Gasteiger charge is -2.15. The SMILES string of the molecule is Cc1ccc(C(CN)CO)c(C)c1. The lowest BCUT2D eigenvalue weighted by Crippen LogP contribution is -2.17. The summed E-state index contributed by atoms with van der Waals surface area (Å²) in [6.07, 6.45) is 0. The van der Waals surface area contributed by atoms with E-state index in [2.05, 4.69) is 32.0 Å². The molecule has 0 amide bonds. The van der Waals surface area contributed by atoms with Gasteiger partial charge in [0.1, 0.15) is 0 Å². The average Bonchev–Trinajstić information content (AvgIpc) is 2.10. The van der Waals surface area contributed by atoms with Crippen LogP contribution in [0.5, 0.6) is 0 Å². The molecule has 1 aromatic rings. The van der Waals surface area contributed by atoms with E-state index in [4.69, 9.17) is 10.8 Å². The number of hydrogen-bond donors (Lipinski definition) is 2. The summed E-state index contributed by atoms with van der Waals surface area (Å²) in [5.74, 6) is 0.0839. The Balaban J connectivity index is 2.99. The van der Waals surface area contributed by atoms with Crippen molar-refractivity contribution < 1.29 is 5.11 Å². The topological polar surface area (TPSA) is 46.2 Å². The highest BCUT2D eigenvalue weighted by Crippen LogP contribution is 2.19. The smallest absolute Gasteiger partial charge is 0.0511 e. The molecule has 0 aliphatic heterocycles. The van der Waals surface area contributed by atoms with Crippen molar-refractivity contribution in [3.05, 3.63) is 34.9 Å². The molecule has 0 bridgehead atoms. The molecule has 1 rings (SSSR count). The Morgan fingerprint density at radius 1 is 1.38 bits per heavy atom. The normalized spacial score (nSPS) is 12.9. The minimum absolute atomic E-state index is 0.0839. The molecule has 0 aliphatic rings. The quantitative estimate of drug-likeness (QED) is 0.735. The van der Waals surface area contributed by atoms with Gasteiger partial charge in [0.15, 0.2) is 0 Å². The first-order valence-corrected chi connectivity index (χ1v) is 4.57. The van der Waals surface area contributed by atoms with Crippen LogP contribution in [-0.4, -0.2) is 18.3 Å². The molecule has 0 aromatic heterocycles. The summed E-state index contributed by atoms with van der Waals surface area (Å²) < 4.78 is 0. The fraction of sp³-hybridized carbons (Fsp3) is 0.455. The van der Waals surface area contributed by atoms with E-state index in [9.17, 15) is 0 Å². The van der Waals surface area contributed by atoms with Gasteiger partial charge in [-0.15, -0.1) is 0 Å². The van der Waals surface area contributed by atoms with Crippen LogP contribution in [0.3, 0.4) is 0 Å². The second-order valence-electron chi connectivity index (χ2n) is 3.48. The standard InChI is InChI=1S/C11H17NO/c1-8-3-4-11(9(2)5-8)10(6-12)7-13/h3-5,10,13H,6-7,12H2,1-2H3. The zero-order chi connectivity index (χ0) is 9.84. The number of aliphatic hydroxyl groups excluding tert-OH is 1. The van der Waals surface area contributed by atoms with Gasteiger partial charge in [-0.1, -0.05) is 23.8 Å². The first-order chi connectivity index (χ1) is 6.19. The fourth-order valence-electron chi connectivity index (χ4n) is 1.58. The van der Waals surface area contributed by atoms with Crippen molar-refractivity contribution in [2.75, 3.05) is 13.2 Å². The number of benzene rings is 1. The van der Waals surface area contributed by atoms with E-state index >= 15 is 0 Å². The maximum atomic E-state index is 9.09. The van der Waals surface area contributed by atoms with Crippen molar-refractivity contribution in [3.8, 4) is 0 Å². The molecule has 0 spiro atoms. The molecule has 1 aromatic carbocycles. The van der Waals surface area contributed by atoms with Gasteiger partial charge in [0.05, 0.1) is 6.61 Å². The number of hydrogen-bond acceptors (Lipinski definition) is 2. The largest absolute Gasteiger partial charge is 0.396 e. The number of aliphatic hydroxyl groups is 1. The van der Waals surface area contributed by atoms with Crippen LogP contribution in [-0.2, 0) is 0 Å². The Morgan fingerprint density at radius 3 is 2.54 bits per heavy atom. The van der Waals surface area contributed by atoms with Gasteiger partial charge in [-0.2, -0.15) is 0 Å². The summed E-state index contributed by atoms with van der Waals surface area (Å²) in [5, 5.41) is 9.09. The predicted octanol–water partition coefficient (Wildman–Crippen LogP) is 1.34. The minimum Gasteiger partial charge on any atom is -0.396 e. The summed E-state index contributed by atoms with van der Waals surface area (Å²) in [5.41, 5.74) is 9.18. The van der Waals surface area contributed by atoms with E-state index in [-0.39, 0.29) is 12.5 Å². The Hall–Kier alpha value is -0.860. The van der Waals surface area contributed by atoms with Crippen molar-refractivity contribution >= 4 is 0 Å². The molecule has 0 saturated carbocycles. The molecule has 0 heterocycles. The number of rotatable bonds is 3. The van der Waals surface area contributed by atoms with Crippen LogP contribution in [0.4, 0.5) is 0 Å². The summed E-state index contributed by atoms with van der Waals surface area (Å²) in [6, 6.07) is 6.23. The third-order valence-electron chi connectivity index (χ3n) is 2.37. The molecule has 0 radical (unpaired) electrons. The van der Waals surface area contributed by atoms with E-state index in [0.717, 1.165) is 5.56 Å². The van der Waals surface area contributed by atoms with Crippen molar-refractivity contribution in [1.82, 2.24) is 0 Å². The highest BCUT2D eigenvalue weighted by Gasteiger charge is 2.10. The van der Waals surface area contributed by atoms with Crippen LogP contribution in [0, 0.1) is 13.8 Å². The van der Waals surface area contributed by atoms with Crippen LogP contribution in [0.1, 0.15) is 22.6 Å². The number of nitrogens with two attached hydrogens (primary N) is 1. The molecule has 0 fully saturated rings. The molecular weight excluding hydrogens is 162 g/mol. The van der Waals surface area contributed by atoms with Crippen molar-refractivity contribution in [2.45, 2.75) is 19.8 Å². The summed E-state index contributed by atoms with van der Waals surface area (Å²) in [7, 11) is 0. The lowest BCUT2D eigenvalue weighted by atomic mass is 9.94. The molecule has 2 heteroatoms. The minimum atomic E-state index is 0.0839. The van der Waals surface area contributed by atoms with Crippen molar-refractivity contribution in [1.29, 1.82) is 0 Å². The van der Waals surface area contributed by atoms with Gasteiger partial charge in [0.25, 0.3) is 0 Å². The van der Waals surface area contributed by atoms with Crippen LogP contribution in [0.25, 0.3) is 0 Å². The van der Waals surface area contributed by atoms with Gasteiger partial charge in [-0.25, -0.2) is 0 Å². The predicted molar refractivity (Wildman–Crippen MR) is 54.8 cm³/mol. The number of aryl methyl sites for hydroxylation is 2.